The van der Waals surface area contributed by atoms with Crippen LogP contribution in [0.15, 0.2) is 0 Å². The Morgan fingerprint density at radius 3 is 2.27 bits per heavy atom. The lowest BCUT2D eigenvalue weighted by Crippen LogP contribution is -2.36. The summed E-state index contributed by atoms with van der Waals surface area (Å²) >= 11 is 0. The number of ether oxygens (including phenoxy) is 1. The molecule has 0 rings (SSSR count). The number of hydrogen-bond acceptors (Lipinski definition) is 5. The first kappa shape index (κ1) is 10.3. The van der Waals surface area contributed by atoms with E-state index in [1.54, 1.807) is 0 Å². The molecule has 0 bridgehead atoms. The van der Waals surface area contributed by atoms with Gasteiger partial charge in [0.1, 0.15) is 6.10 Å². The molecule has 2 atom stereocenters. The van der Waals surface area contributed by atoms with Gasteiger partial charge in [0.2, 0.25) is 0 Å². The number of aliphatic hydroxyl groups excluding tert-OH is 3. The Morgan fingerprint density at radius 2 is 2.00 bits per heavy atom. The Labute approximate surface area is 64.2 Å². The maximum Gasteiger partial charge on any atom is 0.303 e. The van der Waals surface area contributed by atoms with Gasteiger partial charge in [-0.1, -0.05) is 0 Å². The van der Waals surface area contributed by atoms with Crippen LogP contribution < -0.4 is 0 Å². The zero-order chi connectivity index (χ0) is 8.85. The predicted octanol–water partition coefficient (Wildman–Crippen LogP) is -1.74. The van der Waals surface area contributed by atoms with Crippen molar-refractivity contribution >= 4 is 5.97 Å². The second kappa shape index (κ2) is 5.06. The lowest BCUT2D eigenvalue weighted by molar-refractivity contribution is -0.157. The molecule has 0 radical (unpaired) electrons. The minimum absolute atomic E-state index is 0.499. The first-order valence-corrected chi connectivity index (χ1v) is 3.18. The molecule has 0 fully saturated rings. The summed E-state index contributed by atoms with van der Waals surface area (Å²) in [7, 11) is 0. The molecule has 0 aromatic heterocycles. The minimum atomic E-state index is -1.22. The van der Waals surface area contributed by atoms with E-state index >= 15 is 0 Å². The molecule has 66 valence electrons. The van der Waals surface area contributed by atoms with Gasteiger partial charge in [-0.05, 0) is 0 Å². The summed E-state index contributed by atoms with van der Waals surface area (Å²) in [6.07, 6.45) is -2.25. The zero-order valence-electron chi connectivity index (χ0n) is 6.23. The van der Waals surface area contributed by atoms with E-state index in [9.17, 15) is 4.79 Å². The molecule has 0 aliphatic rings. The SMILES string of the molecule is CC(=O)O[C@H](CO)C(O)CO. The van der Waals surface area contributed by atoms with Crippen molar-refractivity contribution in [1.82, 2.24) is 0 Å². The normalized spacial score (nSPS) is 15.6. The van der Waals surface area contributed by atoms with Gasteiger partial charge in [0.05, 0.1) is 13.2 Å². The van der Waals surface area contributed by atoms with Crippen molar-refractivity contribution in [3.63, 3.8) is 0 Å². The van der Waals surface area contributed by atoms with Gasteiger partial charge in [-0.25, -0.2) is 0 Å². The number of esters is 1. The molecule has 0 saturated heterocycles. The fourth-order valence-corrected chi connectivity index (χ4v) is 0.568. The number of aliphatic hydroxyl groups is 3. The maximum absolute atomic E-state index is 10.3. The van der Waals surface area contributed by atoms with Crippen LogP contribution in [-0.4, -0.2) is 46.7 Å². The van der Waals surface area contributed by atoms with Gasteiger partial charge >= 0.3 is 5.97 Å². The summed E-state index contributed by atoms with van der Waals surface area (Å²) in [5.74, 6) is -0.600. The largest absolute Gasteiger partial charge is 0.457 e. The van der Waals surface area contributed by atoms with Crippen molar-refractivity contribution in [3.8, 4) is 0 Å². The Balaban J connectivity index is 3.84. The number of carbonyl (C=O) groups is 1. The quantitative estimate of drug-likeness (QED) is 0.429. The zero-order valence-corrected chi connectivity index (χ0v) is 6.23. The van der Waals surface area contributed by atoms with Gasteiger partial charge in [-0.15, -0.1) is 0 Å². The van der Waals surface area contributed by atoms with E-state index in [0.717, 1.165) is 6.92 Å². The number of rotatable bonds is 4. The molecule has 11 heavy (non-hydrogen) atoms. The average molecular weight is 164 g/mol. The summed E-state index contributed by atoms with van der Waals surface area (Å²) < 4.78 is 4.45. The smallest absolute Gasteiger partial charge is 0.303 e. The first-order chi connectivity index (χ1) is 5.11. The molecule has 3 N–H and O–H groups in total. The van der Waals surface area contributed by atoms with E-state index in [0.29, 0.717) is 0 Å². The highest BCUT2D eigenvalue weighted by Crippen LogP contribution is 1.98. The average Bonchev–Trinajstić information content (AvgIpc) is 1.98. The number of carbonyl (C=O) groups excluding carboxylic acids is 1. The molecule has 0 aromatic rings. The summed E-state index contributed by atoms with van der Waals surface area (Å²) in [6.45, 7) is 0.118. The van der Waals surface area contributed by atoms with E-state index in [-0.39, 0.29) is 0 Å². The van der Waals surface area contributed by atoms with Crippen molar-refractivity contribution < 1.29 is 24.9 Å². The van der Waals surface area contributed by atoms with Crippen LogP contribution >= 0.6 is 0 Å². The standard InChI is InChI=1S/C6H12O5/c1-4(9)11-6(3-8)5(10)2-7/h5-8,10H,2-3H2,1H3/t5?,6-/m1/s1. The van der Waals surface area contributed by atoms with Crippen LogP contribution in [0.25, 0.3) is 0 Å². The Kier molecular flexibility index (Phi) is 4.76. The van der Waals surface area contributed by atoms with Gasteiger partial charge in [0.25, 0.3) is 0 Å². The van der Waals surface area contributed by atoms with Gasteiger partial charge in [0.15, 0.2) is 6.10 Å². The fourth-order valence-electron chi connectivity index (χ4n) is 0.568. The summed E-state index contributed by atoms with van der Waals surface area (Å²) in [4.78, 5) is 10.3. The van der Waals surface area contributed by atoms with Crippen LogP contribution in [0.1, 0.15) is 6.92 Å². The summed E-state index contributed by atoms with van der Waals surface area (Å²) in [6, 6.07) is 0. The molecular formula is C6H12O5. The molecule has 5 heteroatoms. The summed E-state index contributed by atoms with van der Waals surface area (Å²) in [5, 5.41) is 25.8. The highest BCUT2D eigenvalue weighted by atomic mass is 16.6. The van der Waals surface area contributed by atoms with Crippen LogP contribution in [0, 0.1) is 0 Å². The van der Waals surface area contributed by atoms with Gasteiger partial charge in [-0.2, -0.15) is 0 Å². The molecule has 0 spiro atoms. The van der Waals surface area contributed by atoms with E-state index in [2.05, 4.69) is 4.74 Å². The topological polar surface area (TPSA) is 87.0 Å². The molecule has 0 amide bonds. The van der Waals surface area contributed by atoms with Crippen LogP contribution in [0.5, 0.6) is 0 Å². The monoisotopic (exact) mass is 164 g/mol. The third-order valence-corrected chi connectivity index (χ3v) is 1.11. The second-order valence-electron chi connectivity index (χ2n) is 2.08. The third-order valence-electron chi connectivity index (χ3n) is 1.11. The highest BCUT2D eigenvalue weighted by molar-refractivity contribution is 5.66. The van der Waals surface area contributed by atoms with Crippen LogP contribution in [0.2, 0.25) is 0 Å². The summed E-state index contributed by atoms with van der Waals surface area (Å²) in [5.41, 5.74) is 0. The molecule has 0 aliphatic carbocycles. The first-order valence-electron chi connectivity index (χ1n) is 3.18. The van der Waals surface area contributed by atoms with Crippen LogP contribution in [-0.2, 0) is 9.53 Å². The lowest BCUT2D eigenvalue weighted by atomic mass is 10.2. The second-order valence-corrected chi connectivity index (χ2v) is 2.08. The minimum Gasteiger partial charge on any atom is -0.457 e. The fraction of sp³-hybridized carbons (Fsp3) is 0.833. The van der Waals surface area contributed by atoms with Crippen molar-refractivity contribution in [2.75, 3.05) is 13.2 Å². The Morgan fingerprint density at radius 1 is 1.45 bits per heavy atom. The van der Waals surface area contributed by atoms with Gasteiger partial charge in [-0.3, -0.25) is 4.79 Å². The van der Waals surface area contributed by atoms with E-state index in [1.807, 2.05) is 0 Å². The van der Waals surface area contributed by atoms with Crippen molar-refractivity contribution in [2.24, 2.45) is 0 Å². The lowest BCUT2D eigenvalue weighted by Gasteiger charge is -2.18. The molecule has 0 heterocycles. The molecule has 5 nitrogen and oxygen atoms in total. The molecular weight excluding hydrogens is 152 g/mol. The highest BCUT2D eigenvalue weighted by Gasteiger charge is 2.19. The molecule has 0 aromatic carbocycles. The number of hydrogen-bond donors (Lipinski definition) is 3. The van der Waals surface area contributed by atoms with E-state index in [4.69, 9.17) is 15.3 Å². The van der Waals surface area contributed by atoms with Gasteiger partial charge in [0, 0.05) is 6.92 Å². The van der Waals surface area contributed by atoms with Crippen LogP contribution in [0.3, 0.4) is 0 Å². The van der Waals surface area contributed by atoms with Crippen LogP contribution in [0.4, 0.5) is 0 Å². The maximum atomic E-state index is 10.3. The Hall–Kier alpha value is -0.650. The van der Waals surface area contributed by atoms with E-state index in [1.165, 1.54) is 0 Å². The van der Waals surface area contributed by atoms with Crippen molar-refractivity contribution in [3.05, 3.63) is 0 Å². The molecule has 0 aliphatic heterocycles. The third kappa shape index (κ3) is 3.92. The van der Waals surface area contributed by atoms with Crippen molar-refractivity contribution in [1.29, 1.82) is 0 Å². The van der Waals surface area contributed by atoms with E-state index < -0.39 is 31.4 Å². The predicted molar refractivity (Wildman–Crippen MR) is 35.7 cm³/mol. The molecule has 1 unspecified atom stereocenters. The Bertz CT molecular complexity index is 124. The van der Waals surface area contributed by atoms with Crippen molar-refractivity contribution in [2.45, 2.75) is 19.1 Å². The molecule has 0 saturated carbocycles. The van der Waals surface area contributed by atoms with Gasteiger partial charge < -0.3 is 20.1 Å².